The second-order valence-electron chi connectivity index (χ2n) is 6.53. The third kappa shape index (κ3) is 3.33. The van der Waals surface area contributed by atoms with Gasteiger partial charge in [-0.3, -0.25) is 9.36 Å². The number of nitrogens with one attached hydrogen (secondary N) is 2. The van der Waals surface area contributed by atoms with Crippen LogP contribution in [0.25, 0.3) is 22.2 Å². The zero-order chi connectivity index (χ0) is 21.4. The number of fused-ring (bicyclic) bond motifs is 2. The molecule has 9 N–H and O–H groups in total. The van der Waals surface area contributed by atoms with Crippen LogP contribution in [0, 0.1) is 0 Å². The van der Waals surface area contributed by atoms with E-state index in [-0.39, 0.29) is 11.4 Å². The number of aliphatic hydroxyl groups is 3. The lowest BCUT2D eigenvalue weighted by atomic mass is 10.1. The van der Waals surface area contributed by atoms with E-state index < -0.39 is 31.1 Å². The van der Waals surface area contributed by atoms with Gasteiger partial charge in [-0.05, 0) is 0 Å². The lowest BCUT2D eigenvalue weighted by molar-refractivity contribution is -0.0511. The van der Waals surface area contributed by atoms with Crippen molar-refractivity contribution in [3.05, 3.63) is 35.4 Å². The van der Waals surface area contributed by atoms with Gasteiger partial charge in [0.25, 0.3) is 5.56 Å². The quantitative estimate of drug-likeness (QED) is 0.186. The summed E-state index contributed by atoms with van der Waals surface area (Å²) in [6.45, 7) is -0.390. The van der Waals surface area contributed by atoms with Crippen molar-refractivity contribution in [2.75, 3.05) is 18.1 Å². The SMILES string of the molecule is Nc1cc2[nH]cnc2c(=O)[nH]1.Nc1ncnc2c1ncn2[C@@H]1O[C@H](CO)[C@@H](O)[C@H]1O. The summed E-state index contributed by atoms with van der Waals surface area (Å²) in [5, 5.41) is 28.7. The number of H-pyrrole nitrogens is 2. The molecule has 0 bridgehead atoms. The summed E-state index contributed by atoms with van der Waals surface area (Å²) in [6, 6.07) is 1.63. The van der Waals surface area contributed by atoms with E-state index in [1.54, 1.807) is 6.07 Å². The Morgan fingerprint density at radius 3 is 2.67 bits per heavy atom. The Labute approximate surface area is 167 Å². The number of hydrogen-bond donors (Lipinski definition) is 7. The topological polar surface area (TPSA) is 227 Å². The molecule has 4 aromatic heterocycles. The molecule has 1 aliphatic heterocycles. The highest BCUT2D eigenvalue weighted by Gasteiger charge is 2.43. The van der Waals surface area contributed by atoms with Crippen LogP contribution in [0.1, 0.15) is 6.23 Å². The molecule has 1 aliphatic rings. The van der Waals surface area contributed by atoms with Gasteiger partial charge in [-0.2, -0.15) is 0 Å². The number of anilines is 2. The van der Waals surface area contributed by atoms with Gasteiger partial charge >= 0.3 is 0 Å². The molecule has 4 aromatic rings. The normalized spacial score (nSPS) is 23.6. The molecule has 158 valence electrons. The predicted molar refractivity (Wildman–Crippen MR) is 104 cm³/mol. The molecular weight excluding hydrogens is 398 g/mol. The van der Waals surface area contributed by atoms with Crippen molar-refractivity contribution in [3.8, 4) is 0 Å². The van der Waals surface area contributed by atoms with Crippen LogP contribution in [0.2, 0.25) is 0 Å². The van der Waals surface area contributed by atoms with Crippen LogP contribution in [-0.4, -0.2) is 74.7 Å². The summed E-state index contributed by atoms with van der Waals surface area (Å²) in [6.07, 6.45) is 0.0347. The number of ether oxygens (including phenoxy) is 1. The van der Waals surface area contributed by atoms with Crippen molar-refractivity contribution in [2.24, 2.45) is 0 Å². The van der Waals surface area contributed by atoms with Crippen molar-refractivity contribution in [2.45, 2.75) is 24.5 Å². The average molecular weight is 417 g/mol. The van der Waals surface area contributed by atoms with E-state index in [4.69, 9.17) is 21.3 Å². The largest absolute Gasteiger partial charge is 0.394 e. The number of hydrogen-bond acceptors (Lipinski definition) is 11. The van der Waals surface area contributed by atoms with Gasteiger partial charge in [0.1, 0.15) is 36.0 Å². The van der Waals surface area contributed by atoms with Crippen LogP contribution < -0.4 is 17.0 Å². The maximum atomic E-state index is 11.0. The third-order valence-corrected chi connectivity index (χ3v) is 4.62. The zero-order valence-corrected chi connectivity index (χ0v) is 15.4. The second-order valence-corrected chi connectivity index (χ2v) is 6.53. The first-order chi connectivity index (χ1) is 14.4. The van der Waals surface area contributed by atoms with Gasteiger partial charge in [-0.25, -0.2) is 19.9 Å². The van der Waals surface area contributed by atoms with E-state index in [9.17, 15) is 15.0 Å². The number of pyridine rings is 1. The van der Waals surface area contributed by atoms with E-state index in [1.165, 1.54) is 23.5 Å². The molecule has 1 saturated heterocycles. The van der Waals surface area contributed by atoms with Crippen molar-refractivity contribution in [1.82, 2.24) is 34.5 Å². The van der Waals surface area contributed by atoms with Crippen LogP contribution in [-0.2, 0) is 4.74 Å². The van der Waals surface area contributed by atoms with Gasteiger partial charge in [-0.1, -0.05) is 0 Å². The maximum Gasteiger partial charge on any atom is 0.277 e. The number of imidazole rings is 2. The van der Waals surface area contributed by atoms with Gasteiger partial charge in [-0.15, -0.1) is 0 Å². The van der Waals surface area contributed by atoms with Gasteiger partial charge in [0.15, 0.2) is 23.2 Å². The summed E-state index contributed by atoms with van der Waals surface area (Å²) in [5.41, 5.74) is 12.6. The Kier molecular flexibility index (Phi) is 5.04. The first kappa shape index (κ1) is 19.7. The fraction of sp³-hybridized carbons (Fsp3) is 0.312. The average Bonchev–Trinajstić information content (AvgIpc) is 3.42. The summed E-state index contributed by atoms with van der Waals surface area (Å²) >= 11 is 0. The third-order valence-electron chi connectivity index (χ3n) is 4.62. The molecule has 14 heteroatoms. The van der Waals surface area contributed by atoms with Crippen molar-refractivity contribution < 1.29 is 20.1 Å². The summed E-state index contributed by atoms with van der Waals surface area (Å²) in [4.78, 5) is 32.0. The molecule has 5 heterocycles. The standard InChI is InChI=1S/C10H13N5O4.C6H6N4O/c11-8-5-9(13-2-12-8)15(3-14-5)10-7(18)6(17)4(1-16)19-10;7-4-1-3-5(6(11)10-4)9-2-8-3/h2-4,6-7,10,16-18H,1H2,(H2,11,12,13);1-2H,(H,8,9)(H3,7,10,11)/t4-,6-,7-,10-;/m1./s1. The van der Waals surface area contributed by atoms with E-state index >= 15 is 0 Å². The van der Waals surface area contributed by atoms with Crippen LogP contribution in [0.4, 0.5) is 11.6 Å². The maximum absolute atomic E-state index is 11.0. The first-order valence-corrected chi connectivity index (χ1v) is 8.78. The molecule has 0 aliphatic carbocycles. The Morgan fingerprint density at radius 1 is 1.13 bits per heavy atom. The van der Waals surface area contributed by atoms with Crippen molar-refractivity contribution >= 4 is 33.8 Å². The van der Waals surface area contributed by atoms with Crippen molar-refractivity contribution in [3.63, 3.8) is 0 Å². The highest BCUT2D eigenvalue weighted by atomic mass is 16.6. The van der Waals surface area contributed by atoms with Crippen LogP contribution in [0.3, 0.4) is 0 Å². The minimum atomic E-state index is -1.19. The number of aromatic amines is 2. The number of aromatic nitrogens is 7. The molecule has 0 saturated carbocycles. The zero-order valence-electron chi connectivity index (χ0n) is 15.4. The lowest BCUT2D eigenvalue weighted by Crippen LogP contribution is -2.33. The summed E-state index contributed by atoms with van der Waals surface area (Å²) < 4.78 is 6.85. The lowest BCUT2D eigenvalue weighted by Gasteiger charge is -2.16. The molecule has 5 rings (SSSR count). The second kappa shape index (κ2) is 7.68. The Bertz CT molecular complexity index is 1230. The molecule has 0 spiro atoms. The summed E-state index contributed by atoms with van der Waals surface area (Å²) in [7, 11) is 0. The first-order valence-electron chi connectivity index (χ1n) is 8.78. The molecular formula is C16H19N9O5. The van der Waals surface area contributed by atoms with Crippen molar-refractivity contribution in [1.29, 1.82) is 0 Å². The van der Waals surface area contributed by atoms with Gasteiger partial charge in [0, 0.05) is 6.07 Å². The predicted octanol–water partition coefficient (Wildman–Crippen LogP) is -2.15. The van der Waals surface area contributed by atoms with Crippen LogP contribution in [0.5, 0.6) is 0 Å². The van der Waals surface area contributed by atoms with E-state index in [0.29, 0.717) is 28.0 Å². The molecule has 0 amide bonds. The smallest absolute Gasteiger partial charge is 0.277 e. The van der Waals surface area contributed by atoms with Crippen LogP contribution in [0.15, 0.2) is 29.8 Å². The number of nitrogens with two attached hydrogens (primary N) is 2. The molecule has 30 heavy (non-hydrogen) atoms. The Hall–Kier alpha value is -3.59. The van der Waals surface area contributed by atoms with E-state index in [0.717, 1.165) is 0 Å². The fourth-order valence-electron chi connectivity index (χ4n) is 3.14. The fourth-order valence-corrected chi connectivity index (χ4v) is 3.14. The molecule has 1 fully saturated rings. The highest BCUT2D eigenvalue weighted by molar-refractivity contribution is 5.81. The van der Waals surface area contributed by atoms with Gasteiger partial charge in [0.05, 0.1) is 24.8 Å². The van der Waals surface area contributed by atoms with Gasteiger partial charge in [0.2, 0.25) is 0 Å². The van der Waals surface area contributed by atoms with Crippen LogP contribution >= 0.6 is 0 Å². The highest BCUT2D eigenvalue weighted by Crippen LogP contribution is 2.31. The molecule has 0 radical (unpaired) electrons. The Balaban J connectivity index is 0.000000168. The van der Waals surface area contributed by atoms with E-state index in [1.807, 2.05) is 0 Å². The summed E-state index contributed by atoms with van der Waals surface area (Å²) in [5.74, 6) is 0.558. The number of aliphatic hydroxyl groups excluding tert-OH is 3. The number of nitrogen functional groups attached to an aromatic ring is 2. The van der Waals surface area contributed by atoms with Gasteiger partial charge < -0.3 is 41.5 Å². The minimum absolute atomic E-state index is 0.218. The Morgan fingerprint density at radius 2 is 1.93 bits per heavy atom. The molecule has 4 atom stereocenters. The molecule has 14 nitrogen and oxygen atoms in total. The monoisotopic (exact) mass is 417 g/mol. The molecule has 0 aromatic carbocycles. The number of rotatable bonds is 2. The number of nitrogens with zero attached hydrogens (tertiary/aromatic N) is 5. The minimum Gasteiger partial charge on any atom is -0.394 e. The molecule has 0 unspecified atom stereocenters. The van der Waals surface area contributed by atoms with E-state index in [2.05, 4.69) is 29.9 Å².